The van der Waals surface area contributed by atoms with E-state index < -0.39 is 5.97 Å². The predicted molar refractivity (Wildman–Crippen MR) is 63.2 cm³/mol. The van der Waals surface area contributed by atoms with Crippen LogP contribution in [-0.2, 0) is 4.79 Å². The zero-order chi connectivity index (χ0) is 12.5. The molecule has 2 aliphatic carbocycles. The fourth-order valence-electron chi connectivity index (χ4n) is 2.84. The van der Waals surface area contributed by atoms with Gasteiger partial charge in [-0.15, -0.1) is 0 Å². The number of carbonyl (C=O) groups is 1. The van der Waals surface area contributed by atoms with Crippen LogP contribution in [0.1, 0.15) is 68.5 Å². The molecule has 1 aromatic heterocycles. The molecule has 3 rings (SSSR count). The topological polar surface area (TPSA) is 76.2 Å². The van der Waals surface area contributed by atoms with Crippen molar-refractivity contribution >= 4 is 5.97 Å². The molecule has 2 saturated carbocycles. The highest BCUT2D eigenvalue weighted by Crippen LogP contribution is 2.47. The van der Waals surface area contributed by atoms with Crippen molar-refractivity contribution in [2.45, 2.75) is 56.8 Å². The predicted octanol–water partition coefficient (Wildman–Crippen LogP) is 2.70. The lowest BCUT2D eigenvalue weighted by atomic mass is 10.00. The molecule has 1 N–H and O–H groups in total. The van der Waals surface area contributed by atoms with E-state index in [2.05, 4.69) is 10.1 Å². The van der Waals surface area contributed by atoms with Gasteiger partial charge in [0, 0.05) is 5.92 Å². The molecule has 98 valence electrons. The zero-order valence-corrected chi connectivity index (χ0v) is 10.3. The van der Waals surface area contributed by atoms with Gasteiger partial charge in [0.1, 0.15) is 0 Å². The summed E-state index contributed by atoms with van der Waals surface area (Å²) in [5, 5.41) is 12.9. The first-order valence-electron chi connectivity index (χ1n) is 6.82. The highest BCUT2D eigenvalue weighted by atomic mass is 16.5. The summed E-state index contributed by atoms with van der Waals surface area (Å²) in [6.45, 7) is 0. The summed E-state index contributed by atoms with van der Waals surface area (Å²) >= 11 is 0. The van der Waals surface area contributed by atoms with E-state index in [1.54, 1.807) is 0 Å². The van der Waals surface area contributed by atoms with Crippen molar-refractivity contribution < 1.29 is 14.4 Å². The molecule has 0 aromatic carbocycles. The second-order valence-corrected chi connectivity index (χ2v) is 5.47. The Morgan fingerprint density at radius 3 is 2.56 bits per heavy atom. The van der Waals surface area contributed by atoms with Crippen LogP contribution in [0.5, 0.6) is 0 Å². The maximum atomic E-state index is 10.8. The van der Waals surface area contributed by atoms with Crippen LogP contribution in [0.15, 0.2) is 4.52 Å². The molecule has 1 aromatic rings. The first kappa shape index (κ1) is 11.7. The number of carboxylic acid groups (broad SMARTS) is 1. The van der Waals surface area contributed by atoms with Crippen molar-refractivity contribution in [1.82, 2.24) is 10.1 Å². The van der Waals surface area contributed by atoms with Gasteiger partial charge < -0.3 is 9.63 Å². The molecule has 5 heteroatoms. The van der Waals surface area contributed by atoms with Crippen molar-refractivity contribution in [3.63, 3.8) is 0 Å². The summed E-state index contributed by atoms with van der Waals surface area (Å²) in [5.41, 5.74) is 0. The van der Waals surface area contributed by atoms with Gasteiger partial charge in [-0.2, -0.15) is 4.98 Å². The standard InChI is InChI=1S/C13H18N2O3/c16-13(17)10-7-9(10)12-14-11(15-18-12)8-5-3-1-2-4-6-8/h8-10H,1-7H2,(H,16,17). The van der Waals surface area contributed by atoms with Gasteiger partial charge in [-0.1, -0.05) is 30.8 Å². The van der Waals surface area contributed by atoms with E-state index >= 15 is 0 Å². The maximum absolute atomic E-state index is 10.8. The Kier molecular flexibility index (Phi) is 3.06. The number of aliphatic carboxylic acids is 1. The second kappa shape index (κ2) is 4.71. The quantitative estimate of drug-likeness (QED) is 0.834. The molecule has 1 heterocycles. The molecule has 0 spiro atoms. The van der Waals surface area contributed by atoms with Gasteiger partial charge in [0.2, 0.25) is 5.89 Å². The van der Waals surface area contributed by atoms with Crippen molar-refractivity contribution in [3.05, 3.63) is 11.7 Å². The third kappa shape index (κ3) is 2.26. The number of hydrogen-bond acceptors (Lipinski definition) is 4. The van der Waals surface area contributed by atoms with Gasteiger partial charge in [-0.25, -0.2) is 0 Å². The molecule has 2 aliphatic rings. The Bertz CT molecular complexity index is 435. The van der Waals surface area contributed by atoms with E-state index in [0.717, 1.165) is 18.7 Å². The molecule has 0 bridgehead atoms. The molecule has 0 aliphatic heterocycles. The maximum Gasteiger partial charge on any atom is 0.307 e. The smallest absolute Gasteiger partial charge is 0.307 e. The largest absolute Gasteiger partial charge is 0.481 e. The van der Waals surface area contributed by atoms with Crippen LogP contribution in [0.3, 0.4) is 0 Å². The fourth-order valence-corrected chi connectivity index (χ4v) is 2.84. The van der Waals surface area contributed by atoms with Crippen LogP contribution in [0.2, 0.25) is 0 Å². The fraction of sp³-hybridized carbons (Fsp3) is 0.769. The normalized spacial score (nSPS) is 28.9. The Morgan fingerprint density at radius 1 is 1.22 bits per heavy atom. The van der Waals surface area contributed by atoms with Gasteiger partial charge in [0.25, 0.3) is 0 Å². The van der Waals surface area contributed by atoms with Crippen LogP contribution in [0.4, 0.5) is 0 Å². The summed E-state index contributed by atoms with van der Waals surface area (Å²) in [7, 11) is 0. The molecule has 5 nitrogen and oxygen atoms in total. The molecule has 0 amide bonds. The second-order valence-electron chi connectivity index (χ2n) is 5.47. The summed E-state index contributed by atoms with van der Waals surface area (Å²) in [4.78, 5) is 15.2. The van der Waals surface area contributed by atoms with Crippen LogP contribution in [0, 0.1) is 5.92 Å². The third-order valence-electron chi connectivity index (χ3n) is 4.10. The molecular weight excluding hydrogens is 232 g/mol. The highest BCUT2D eigenvalue weighted by molar-refractivity contribution is 5.74. The first-order chi connectivity index (χ1) is 8.75. The Balaban J connectivity index is 1.68. The van der Waals surface area contributed by atoms with E-state index in [4.69, 9.17) is 9.63 Å². The van der Waals surface area contributed by atoms with E-state index in [-0.39, 0.29) is 11.8 Å². The summed E-state index contributed by atoms with van der Waals surface area (Å²) in [6.07, 6.45) is 7.96. The lowest BCUT2D eigenvalue weighted by Crippen LogP contribution is -2.01. The van der Waals surface area contributed by atoms with Crippen molar-refractivity contribution in [1.29, 1.82) is 0 Å². The van der Waals surface area contributed by atoms with Crippen molar-refractivity contribution in [3.8, 4) is 0 Å². The highest BCUT2D eigenvalue weighted by Gasteiger charge is 2.48. The summed E-state index contributed by atoms with van der Waals surface area (Å²) in [6, 6.07) is 0. The molecule has 18 heavy (non-hydrogen) atoms. The van der Waals surface area contributed by atoms with Gasteiger partial charge >= 0.3 is 5.97 Å². The average Bonchev–Trinajstić information content (AvgIpc) is 3.09. The molecule has 0 saturated heterocycles. The molecule has 2 atom stereocenters. The van der Waals surface area contributed by atoms with Gasteiger partial charge in [0.15, 0.2) is 5.82 Å². The van der Waals surface area contributed by atoms with E-state index in [9.17, 15) is 4.79 Å². The molecule has 0 radical (unpaired) electrons. The van der Waals surface area contributed by atoms with Crippen molar-refractivity contribution in [2.75, 3.05) is 0 Å². The van der Waals surface area contributed by atoms with E-state index in [0.29, 0.717) is 18.2 Å². The van der Waals surface area contributed by atoms with E-state index in [1.807, 2.05) is 0 Å². The number of carboxylic acids is 1. The first-order valence-corrected chi connectivity index (χ1v) is 6.82. The Hall–Kier alpha value is -1.39. The SMILES string of the molecule is O=C(O)C1CC1c1nc(C2CCCCCC2)no1. The van der Waals surface area contributed by atoms with Crippen LogP contribution in [0.25, 0.3) is 0 Å². The number of hydrogen-bond donors (Lipinski definition) is 1. The zero-order valence-electron chi connectivity index (χ0n) is 10.3. The van der Waals surface area contributed by atoms with Crippen LogP contribution < -0.4 is 0 Å². The molecule has 2 fully saturated rings. The lowest BCUT2D eigenvalue weighted by Gasteiger charge is -2.07. The number of nitrogens with zero attached hydrogens (tertiary/aromatic N) is 2. The summed E-state index contributed by atoms with van der Waals surface area (Å²) < 4.78 is 5.24. The minimum atomic E-state index is -0.755. The number of aromatic nitrogens is 2. The minimum absolute atomic E-state index is 0.0467. The third-order valence-corrected chi connectivity index (χ3v) is 4.10. The van der Waals surface area contributed by atoms with Crippen LogP contribution >= 0.6 is 0 Å². The lowest BCUT2D eigenvalue weighted by molar-refractivity contribution is -0.138. The number of rotatable bonds is 3. The van der Waals surface area contributed by atoms with Gasteiger partial charge in [0.05, 0.1) is 11.8 Å². The molecular formula is C13H18N2O3. The van der Waals surface area contributed by atoms with Crippen LogP contribution in [-0.4, -0.2) is 21.2 Å². The summed E-state index contributed by atoms with van der Waals surface area (Å²) in [5.74, 6) is 0.618. The monoisotopic (exact) mass is 250 g/mol. The van der Waals surface area contributed by atoms with E-state index in [1.165, 1.54) is 25.7 Å². The van der Waals surface area contributed by atoms with Crippen molar-refractivity contribution in [2.24, 2.45) is 5.92 Å². The molecule has 2 unspecified atom stereocenters. The minimum Gasteiger partial charge on any atom is -0.481 e. The Labute approximate surface area is 106 Å². The van der Waals surface area contributed by atoms with Gasteiger partial charge in [-0.3, -0.25) is 4.79 Å². The van der Waals surface area contributed by atoms with Gasteiger partial charge in [-0.05, 0) is 19.3 Å². The Morgan fingerprint density at radius 2 is 1.94 bits per heavy atom. The average molecular weight is 250 g/mol.